The number of ether oxygens (including phenoxy) is 3. The molecule has 0 radical (unpaired) electrons. The minimum atomic E-state index is -1.04. The molecule has 2 saturated carbocycles. The zero-order valence-corrected chi connectivity index (χ0v) is 18.2. The predicted octanol–water partition coefficient (Wildman–Crippen LogP) is 3.00. The Morgan fingerprint density at radius 3 is 2.55 bits per heavy atom. The number of methoxy groups -OCH3 is 1. The molecule has 0 amide bonds. The van der Waals surface area contributed by atoms with E-state index >= 15 is 0 Å². The van der Waals surface area contributed by atoms with Gasteiger partial charge in [-0.2, -0.15) is 0 Å². The van der Waals surface area contributed by atoms with Gasteiger partial charge in [0.05, 0.1) is 31.5 Å². The van der Waals surface area contributed by atoms with E-state index in [4.69, 9.17) is 18.6 Å². The Bertz CT molecular complexity index is 905. The van der Waals surface area contributed by atoms with Gasteiger partial charge in [0.2, 0.25) is 0 Å². The first-order valence-corrected chi connectivity index (χ1v) is 10.6. The summed E-state index contributed by atoms with van der Waals surface area (Å²) in [6.07, 6.45) is 2.98. The summed E-state index contributed by atoms with van der Waals surface area (Å²) in [5.41, 5.74) is -0.763. The molecule has 1 saturated heterocycles. The van der Waals surface area contributed by atoms with E-state index in [1.165, 1.54) is 26.6 Å². The number of cyclic esters (lactones) is 1. The van der Waals surface area contributed by atoms with Gasteiger partial charge in [0.1, 0.15) is 6.10 Å². The highest BCUT2D eigenvalue weighted by Gasteiger charge is 2.67. The molecule has 0 bridgehead atoms. The van der Waals surface area contributed by atoms with E-state index < -0.39 is 52.7 Å². The van der Waals surface area contributed by atoms with Gasteiger partial charge in [0.15, 0.2) is 11.9 Å². The molecule has 1 aliphatic heterocycles. The van der Waals surface area contributed by atoms with E-state index in [-0.39, 0.29) is 18.2 Å². The lowest BCUT2D eigenvalue weighted by molar-refractivity contribution is -0.210. The summed E-state index contributed by atoms with van der Waals surface area (Å²) < 4.78 is 21.3. The van der Waals surface area contributed by atoms with Gasteiger partial charge in [-0.1, -0.05) is 13.8 Å². The Balaban J connectivity index is 1.80. The van der Waals surface area contributed by atoms with Crippen LogP contribution >= 0.6 is 0 Å². The van der Waals surface area contributed by atoms with Gasteiger partial charge in [-0.05, 0) is 36.2 Å². The number of hydrogen-bond acceptors (Lipinski definition) is 8. The number of fused-ring (bicyclic) bond motifs is 3. The number of rotatable bonds is 3. The highest BCUT2D eigenvalue weighted by Crippen LogP contribution is 2.65. The van der Waals surface area contributed by atoms with Crippen LogP contribution in [0.4, 0.5) is 0 Å². The lowest BCUT2D eigenvalue weighted by Crippen LogP contribution is -2.64. The van der Waals surface area contributed by atoms with E-state index in [2.05, 4.69) is 0 Å². The van der Waals surface area contributed by atoms with Crippen LogP contribution < -0.4 is 0 Å². The van der Waals surface area contributed by atoms with Crippen molar-refractivity contribution >= 4 is 23.7 Å². The van der Waals surface area contributed by atoms with Crippen LogP contribution in [0.2, 0.25) is 0 Å². The van der Waals surface area contributed by atoms with Crippen molar-refractivity contribution in [3.63, 3.8) is 0 Å². The van der Waals surface area contributed by atoms with Crippen molar-refractivity contribution in [2.24, 2.45) is 28.6 Å². The molecule has 8 nitrogen and oxygen atoms in total. The molecule has 1 aromatic heterocycles. The van der Waals surface area contributed by atoms with Crippen LogP contribution in [0.1, 0.15) is 58.1 Å². The van der Waals surface area contributed by atoms with Crippen molar-refractivity contribution in [2.75, 3.05) is 7.11 Å². The Morgan fingerprint density at radius 1 is 1.19 bits per heavy atom. The normalized spacial score (nSPS) is 39.7. The smallest absolute Gasteiger partial charge is 0.310 e. The van der Waals surface area contributed by atoms with Crippen molar-refractivity contribution in [3.8, 4) is 0 Å². The quantitative estimate of drug-likeness (QED) is 0.530. The van der Waals surface area contributed by atoms with Crippen molar-refractivity contribution < 1.29 is 37.8 Å². The van der Waals surface area contributed by atoms with Crippen molar-refractivity contribution in [1.29, 1.82) is 0 Å². The highest BCUT2D eigenvalue weighted by atomic mass is 16.6. The fourth-order valence-electron chi connectivity index (χ4n) is 6.46. The molecule has 8 heteroatoms. The fourth-order valence-corrected chi connectivity index (χ4v) is 6.46. The maximum Gasteiger partial charge on any atom is 0.310 e. The first kappa shape index (κ1) is 21.6. The molecule has 0 N–H and O–H groups in total. The van der Waals surface area contributed by atoms with Crippen LogP contribution in [-0.4, -0.2) is 36.9 Å². The van der Waals surface area contributed by atoms with Crippen LogP contribution in [0, 0.1) is 28.6 Å². The standard InChI is InChI=1S/C23H28O8/c1-12(24)30-16-9-15(20(26)28-4)22(2)7-5-14-21(27)31-17(13-6-8-29-11-13)10-23(14,3)19(22)18(16)25/h6,8,11,14-17,19H,5,7,9-10H2,1-4H3/t14-,15+,16+,17+,19?,22+,23+/m1/s1. The van der Waals surface area contributed by atoms with Crippen LogP contribution in [0.3, 0.4) is 0 Å². The van der Waals surface area contributed by atoms with Crippen molar-refractivity contribution in [3.05, 3.63) is 24.2 Å². The van der Waals surface area contributed by atoms with Gasteiger partial charge in [-0.3, -0.25) is 19.2 Å². The second kappa shape index (κ2) is 7.50. The monoisotopic (exact) mass is 432 g/mol. The molecule has 0 aromatic carbocycles. The van der Waals surface area contributed by atoms with E-state index in [1.807, 2.05) is 13.8 Å². The van der Waals surface area contributed by atoms with Crippen LogP contribution in [0.25, 0.3) is 0 Å². The lowest BCUT2D eigenvalue weighted by Gasteiger charge is -2.60. The summed E-state index contributed by atoms with van der Waals surface area (Å²) in [5, 5.41) is 0. The second-order valence-corrected chi connectivity index (χ2v) is 9.53. The van der Waals surface area contributed by atoms with Gasteiger partial charge < -0.3 is 18.6 Å². The number of ketones is 1. The highest BCUT2D eigenvalue weighted by molar-refractivity contribution is 5.93. The summed E-state index contributed by atoms with van der Waals surface area (Å²) >= 11 is 0. The summed E-state index contributed by atoms with van der Waals surface area (Å²) in [6, 6.07) is 1.74. The average molecular weight is 432 g/mol. The number of hydrogen-bond donors (Lipinski definition) is 0. The topological polar surface area (TPSA) is 109 Å². The molecule has 2 aliphatic carbocycles. The first-order valence-electron chi connectivity index (χ1n) is 10.6. The van der Waals surface area contributed by atoms with Crippen LogP contribution in [0.5, 0.6) is 0 Å². The van der Waals surface area contributed by atoms with Gasteiger partial charge >= 0.3 is 17.9 Å². The second-order valence-electron chi connectivity index (χ2n) is 9.53. The molecule has 1 aromatic rings. The molecule has 2 heterocycles. The van der Waals surface area contributed by atoms with E-state index in [0.717, 1.165) is 5.56 Å². The minimum Gasteiger partial charge on any atom is -0.472 e. The summed E-state index contributed by atoms with van der Waals surface area (Å²) in [5.74, 6) is -3.35. The molecule has 3 aliphatic rings. The number of Topliss-reactive ketones (excluding diaryl/α,β-unsaturated/α-hetero) is 1. The van der Waals surface area contributed by atoms with Crippen LogP contribution in [0.15, 0.2) is 23.0 Å². The third-order valence-corrected chi connectivity index (χ3v) is 7.81. The fraction of sp³-hybridized carbons (Fsp3) is 0.652. The predicted molar refractivity (Wildman–Crippen MR) is 105 cm³/mol. The first-order chi connectivity index (χ1) is 14.6. The molecule has 3 fully saturated rings. The van der Waals surface area contributed by atoms with Gasteiger partial charge in [-0.15, -0.1) is 0 Å². The molecule has 7 atom stereocenters. The van der Waals surface area contributed by atoms with Gasteiger partial charge in [0.25, 0.3) is 0 Å². The summed E-state index contributed by atoms with van der Waals surface area (Å²) in [6.45, 7) is 5.09. The number of furan rings is 1. The average Bonchev–Trinajstić information content (AvgIpc) is 3.23. The number of esters is 3. The lowest BCUT2D eigenvalue weighted by atomic mass is 9.43. The summed E-state index contributed by atoms with van der Waals surface area (Å²) in [7, 11) is 1.32. The molecule has 31 heavy (non-hydrogen) atoms. The van der Waals surface area contributed by atoms with E-state index in [9.17, 15) is 19.2 Å². The van der Waals surface area contributed by atoms with E-state index in [0.29, 0.717) is 19.3 Å². The zero-order chi connectivity index (χ0) is 22.6. The maximum absolute atomic E-state index is 13.7. The Labute approximate surface area is 180 Å². The maximum atomic E-state index is 13.7. The van der Waals surface area contributed by atoms with Crippen molar-refractivity contribution in [1.82, 2.24) is 0 Å². The molecule has 168 valence electrons. The third kappa shape index (κ3) is 3.27. The van der Waals surface area contributed by atoms with Gasteiger partial charge in [-0.25, -0.2) is 0 Å². The molecule has 1 unspecified atom stereocenters. The summed E-state index contributed by atoms with van der Waals surface area (Å²) in [4.78, 5) is 51.2. The Morgan fingerprint density at radius 2 is 1.94 bits per heavy atom. The SMILES string of the molecule is COC(=O)[C@@H]1C[C@H](OC(C)=O)C(=O)C2[C@@]3(C)C[C@@H](c4ccoc4)OC(=O)[C@H]3CC[C@]21C. The molecule has 0 spiro atoms. The number of carbonyl (C=O) groups excluding carboxylic acids is 4. The minimum absolute atomic E-state index is 0.0917. The molecular weight excluding hydrogens is 404 g/mol. The van der Waals surface area contributed by atoms with Gasteiger partial charge in [0, 0.05) is 24.8 Å². The third-order valence-electron chi connectivity index (χ3n) is 7.81. The Hall–Kier alpha value is -2.64. The largest absolute Gasteiger partial charge is 0.472 e. The van der Waals surface area contributed by atoms with Crippen LogP contribution in [-0.2, 0) is 33.4 Å². The molecular formula is C23H28O8. The molecule has 4 rings (SSSR count). The van der Waals surface area contributed by atoms with Crippen molar-refractivity contribution in [2.45, 2.75) is 58.7 Å². The number of carbonyl (C=O) groups is 4. The zero-order valence-electron chi connectivity index (χ0n) is 18.2. The van der Waals surface area contributed by atoms with E-state index in [1.54, 1.807) is 6.07 Å². The Kier molecular flexibility index (Phi) is 5.22.